The highest BCUT2D eigenvalue weighted by atomic mass is 32.1. The molecule has 2 aromatic heterocycles. The Morgan fingerprint density at radius 1 is 0.700 bits per heavy atom. The van der Waals surface area contributed by atoms with Gasteiger partial charge in [0.2, 0.25) is 0 Å². The van der Waals surface area contributed by atoms with E-state index in [0.717, 1.165) is 37.6 Å². The summed E-state index contributed by atoms with van der Waals surface area (Å²) in [6, 6.07) is 4.43. The molecule has 0 aliphatic rings. The molecular weight excluding hydrogens is 408 g/mol. The van der Waals surface area contributed by atoms with Gasteiger partial charge in [-0.05, 0) is 30.4 Å². The van der Waals surface area contributed by atoms with Gasteiger partial charge in [-0.15, -0.1) is 22.7 Å². The predicted molar refractivity (Wildman–Crippen MR) is 135 cm³/mol. The van der Waals surface area contributed by atoms with Gasteiger partial charge in [-0.3, -0.25) is 0 Å². The number of hydrogen-bond donors (Lipinski definition) is 0. The van der Waals surface area contributed by atoms with Crippen molar-refractivity contribution in [2.45, 2.75) is 90.9 Å². The number of benzene rings is 1. The van der Waals surface area contributed by atoms with Crippen molar-refractivity contribution in [1.82, 2.24) is 0 Å². The summed E-state index contributed by atoms with van der Waals surface area (Å²) in [7, 11) is 0. The van der Waals surface area contributed by atoms with Crippen LogP contribution in [-0.2, 0) is 0 Å². The van der Waals surface area contributed by atoms with E-state index in [4.69, 9.17) is 9.47 Å². The van der Waals surface area contributed by atoms with Crippen LogP contribution < -0.4 is 9.47 Å². The Kier molecular flexibility index (Phi) is 10.3. The highest BCUT2D eigenvalue weighted by Gasteiger charge is 2.15. The van der Waals surface area contributed by atoms with Crippen molar-refractivity contribution >= 4 is 42.8 Å². The maximum atomic E-state index is 6.22. The molecule has 0 unspecified atom stereocenters. The zero-order chi connectivity index (χ0) is 21.0. The average molecular weight is 447 g/mol. The second kappa shape index (κ2) is 13.2. The van der Waals surface area contributed by atoms with Crippen LogP contribution in [0.4, 0.5) is 0 Å². The van der Waals surface area contributed by atoms with Gasteiger partial charge in [-0.2, -0.15) is 0 Å². The Bertz CT molecular complexity index is 865. The maximum Gasteiger partial charge on any atom is 0.139 e. The molecule has 0 amide bonds. The molecule has 4 heteroatoms. The molecule has 3 aromatic rings. The van der Waals surface area contributed by atoms with Gasteiger partial charge in [-0.25, -0.2) is 0 Å². The summed E-state index contributed by atoms with van der Waals surface area (Å²) in [6.07, 6.45) is 15.5. The minimum Gasteiger partial charge on any atom is -0.493 e. The summed E-state index contributed by atoms with van der Waals surface area (Å²) in [5.74, 6) is 2.09. The lowest BCUT2D eigenvalue weighted by molar-refractivity contribution is 0.307. The van der Waals surface area contributed by atoms with E-state index in [1.807, 2.05) is 0 Å². The highest BCUT2D eigenvalue weighted by Crippen LogP contribution is 2.44. The molecule has 0 radical (unpaired) electrons. The van der Waals surface area contributed by atoms with Crippen molar-refractivity contribution < 1.29 is 9.47 Å². The Hall–Kier alpha value is -1.26. The fourth-order valence-electron chi connectivity index (χ4n) is 3.93. The summed E-state index contributed by atoms with van der Waals surface area (Å²) in [4.78, 5) is 0. The lowest BCUT2D eigenvalue weighted by Crippen LogP contribution is -1.98. The fourth-order valence-corrected chi connectivity index (χ4v) is 5.88. The monoisotopic (exact) mass is 446 g/mol. The van der Waals surface area contributed by atoms with Crippen LogP contribution in [0.25, 0.3) is 20.2 Å². The second-order valence-corrected chi connectivity index (χ2v) is 10.1. The molecule has 2 heterocycles. The first-order valence-electron chi connectivity index (χ1n) is 12.0. The molecule has 0 atom stereocenters. The van der Waals surface area contributed by atoms with Crippen LogP contribution in [0.15, 0.2) is 22.9 Å². The number of ether oxygens (including phenoxy) is 2. The van der Waals surface area contributed by atoms with Crippen molar-refractivity contribution in [3.05, 3.63) is 22.9 Å². The first-order chi connectivity index (χ1) is 14.8. The Morgan fingerprint density at radius 3 is 1.97 bits per heavy atom. The molecule has 0 spiro atoms. The summed E-state index contributed by atoms with van der Waals surface area (Å²) in [6.45, 7) is 6.17. The van der Waals surface area contributed by atoms with Crippen LogP contribution in [0.3, 0.4) is 0 Å². The molecule has 2 nitrogen and oxygen atoms in total. The number of unbranched alkanes of at least 4 members (excludes halogenated alkanes) is 10. The molecule has 0 fully saturated rings. The van der Waals surface area contributed by atoms with Gasteiger partial charge in [0.15, 0.2) is 0 Å². The first-order valence-corrected chi connectivity index (χ1v) is 13.8. The fraction of sp³-hybridized carbons (Fsp3) is 0.615. The molecule has 0 N–H and O–H groups in total. The molecule has 30 heavy (non-hydrogen) atoms. The predicted octanol–water partition coefficient (Wildman–Crippen LogP) is 9.59. The average Bonchev–Trinajstić information content (AvgIpc) is 3.39. The maximum absolute atomic E-state index is 6.22. The quantitative estimate of drug-likeness (QED) is 0.204. The van der Waals surface area contributed by atoms with Gasteiger partial charge < -0.3 is 9.47 Å². The van der Waals surface area contributed by atoms with E-state index in [1.54, 1.807) is 22.7 Å². The lowest BCUT2D eigenvalue weighted by Gasteiger charge is -2.10. The van der Waals surface area contributed by atoms with Crippen LogP contribution in [0.5, 0.6) is 11.5 Å². The third-order valence-corrected chi connectivity index (χ3v) is 7.56. The highest BCUT2D eigenvalue weighted by molar-refractivity contribution is 7.21. The summed E-state index contributed by atoms with van der Waals surface area (Å²) >= 11 is 3.58. The van der Waals surface area contributed by atoms with Gasteiger partial charge >= 0.3 is 0 Å². The molecule has 0 saturated carbocycles. The van der Waals surface area contributed by atoms with E-state index >= 15 is 0 Å². The number of hydrogen-bond acceptors (Lipinski definition) is 4. The molecule has 3 rings (SSSR count). The van der Waals surface area contributed by atoms with Crippen LogP contribution in [0.1, 0.15) is 90.9 Å². The van der Waals surface area contributed by atoms with E-state index in [9.17, 15) is 0 Å². The van der Waals surface area contributed by atoms with Crippen molar-refractivity contribution in [1.29, 1.82) is 0 Å². The molecule has 166 valence electrons. The number of rotatable bonds is 16. The molecule has 0 saturated heterocycles. The van der Waals surface area contributed by atoms with Crippen LogP contribution in [0, 0.1) is 0 Å². The zero-order valence-electron chi connectivity index (χ0n) is 18.8. The summed E-state index contributed by atoms with van der Waals surface area (Å²) < 4.78 is 15.0. The van der Waals surface area contributed by atoms with Gasteiger partial charge in [0.05, 0.1) is 23.3 Å². The van der Waals surface area contributed by atoms with Crippen LogP contribution >= 0.6 is 22.7 Å². The Balaban J connectivity index is 1.56. The SMILES string of the molecule is CCCCCCCCOc1cc2scc(OCCCCCCCC)c2c2sccc12. The number of thiophene rings is 2. The topological polar surface area (TPSA) is 18.5 Å². The van der Waals surface area contributed by atoms with E-state index in [2.05, 4.69) is 36.7 Å². The smallest absolute Gasteiger partial charge is 0.139 e. The van der Waals surface area contributed by atoms with Gasteiger partial charge in [0.1, 0.15) is 11.5 Å². The minimum absolute atomic E-state index is 0.815. The van der Waals surface area contributed by atoms with Gasteiger partial charge in [-0.1, -0.05) is 78.1 Å². The Morgan fingerprint density at radius 2 is 1.30 bits per heavy atom. The summed E-state index contributed by atoms with van der Waals surface area (Å²) in [5.41, 5.74) is 0. The normalized spacial score (nSPS) is 11.5. The van der Waals surface area contributed by atoms with Crippen molar-refractivity contribution in [3.8, 4) is 11.5 Å². The van der Waals surface area contributed by atoms with Crippen molar-refractivity contribution in [2.75, 3.05) is 13.2 Å². The van der Waals surface area contributed by atoms with E-state index in [0.29, 0.717) is 0 Å². The molecular formula is C26H38O2S2. The molecule has 0 bridgehead atoms. The Labute approximate surface area is 190 Å². The standard InChI is InChI=1S/C26H38O2S2/c1-3-5-7-9-11-13-16-27-22-19-24-25(26-21(22)15-18-29-26)23(20-30-24)28-17-14-12-10-8-6-4-2/h15,18-20H,3-14,16-17H2,1-2H3. The zero-order valence-corrected chi connectivity index (χ0v) is 20.5. The van der Waals surface area contributed by atoms with E-state index in [-0.39, 0.29) is 0 Å². The molecule has 0 aliphatic heterocycles. The third kappa shape index (κ3) is 6.62. The van der Waals surface area contributed by atoms with Crippen molar-refractivity contribution in [2.24, 2.45) is 0 Å². The first kappa shape index (κ1) is 23.4. The molecule has 0 aliphatic carbocycles. The number of fused-ring (bicyclic) bond motifs is 3. The minimum atomic E-state index is 0.815. The van der Waals surface area contributed by atoms with Crippen molar-refractivity contribution in [3.63, 3.8) is 0 Å². The van der Waals surface area contributed by atoms with Crippen LogP contribution in [0.2, 0.25) is 0 Å². The second-order valence-electron chi connectivity index (χ2n) is 8.24. The van der Waals surface area contributed by atoms with Gasteiger partial charge in [0, 0.05) is 15.5 Å². The largest absolute Gasteiger partial charge is 0.493 e. The summed E-state index contributed by atoms with van der Waals surface area (Å²) in [5, 5.41) is 6.87. The van der Waals surface area contributed by atoms with E-state index in [1.165, 1.54) is 84.4 Å². The van der Waals surface area contributed by atoms with E-state index < -0.39 is 0 Å². The van der Waals surface area contributed by atoms with Gasteiger partial charge in [0.25, 0.3) is 0 Å². The van der Waals surface area contributed by atoms with Crippen LogP contribution in [-0.4, -0.2) is 13.2 Å². The lowest BCUT2D eigenvalue weighted by atomic mass is 10.1. The molecule has 1 aromatic carbocycles. The third-order valence-electron chi connectivity index (χ3n) is 5.72.